The van der Waals surface area contributed by atoms with Crippen LogP contribution in [-0.2, 0) is 0 Å². The van der Waals surface area contributed by atoms with Gasteiger partial charge in [0.15, 0.2) is 5.69 Å². The Hall–Kier alpha value is -2.05. The largest absolute Gasteiger partial charge is 0.497 e. The number of hydrogen-bond donors (Lipinski definition) is 1. The number of nitrogens with one attached hydrogen (secondary N) is 1. The van der Waals surface area contributed by atoms with E-state index in [0.29, 0.717) is 12.2 Å². The van der Waals surface area contributed by atoms with Gasteiger partial charge in [-0.15, -0.1) is 12.4 Å². The van der Waals surface area contributed by atoms with Gasteiger partial charge < -0.3 is 15.0 Å². The smallest absolute Gasteiger partial charge is 0.274 e. The summed E-state index contributed by atoms with van der Waals surface area (Å²) in [5.41, 5.74) is 1.37. The molecular formula is C17H23ClN4O2. The van der Waals surface area contributed by atoms with Crippen LogP contribution in [0.25, 0.3) is 5.69 Å². The lowest BCUT2D eigenvalue weighted by Crippen LogP contribution is -2.57. The minimum atomic E-state index is -0.0156. The van der Waals surface area contributed by atoms with Gasteiger partial charge in [-0.05, 0) is 44.2 Å². The van der Waals surface area contributed by atoms with Gasteiger partial charge in [0.1, 0.15) is 5.75 Å². The lowest BCUT2D eigenvalue weighted by atomic mass is 10.1. The minimum absolute atomic E-state index is 0. The van der Waals surface area contributed by atoms with E-state index in [-0.39, 0.29) is 30.4 Å². The number of rotatable bonds is 3. The molecule has 6 nitrogen and oxygen atoms in total. The summed E-state index contributed by atoms with van der Waals surface area (Å²) in [6.07, 6.45) is 1.81. The fourth-order valence-electron chi connectivity index (χ4n) is 2.81. The Morgan fingerprint density at radius 2 is 1.96 bits per heavy atom. The molecule has 1 aliphatic rings. The van der Waals surface area contributed by atoms with Crippen LogP contribution >= 0.6 is 12.4 Å². The van der Waals surface area contributed by atoms with Crippen LogP contribution in [0.15, 0.2) is 36.5 Å². The Morgan fingerprint density at radius 1 is 1.25 bits per heavy atom. The van der Waals surface area contributed by atoms with Crippen molar-refractivity contribution in [3.63, 3.8) is 0 Å². The maximum absolute atomic E-state index is 12.7. The van der Waals surface area contributed by atoms with E-state index in [1.807, 2.05) is 35.4 Å². The van der Waals surface area contributed by atoms with Crippen molar-refractivity contribution < 1.29 is 9.53 Å². The van der Waals surface area contributed by atoms with Crippen LogP contribution in [0.2, 0.25) is 0 Å². The number of aromatic nitrogens is 2. The summed E-state index contributed by atoms with van der Waals surface area (Å²) < 4.78 is 6.86. The molecule has 1 fully saturated rings. The Labute approximate surface area is 148 Å². The number of methoxy groups -OCH3 is 1. The van der Waals surface area contributed by atoms with Crippen molar-refractivity contribution in [2.45, 2.75) is 25.9 Å². The molecule has 3 rings (SSSR count). The highest BCUT2D eigenvalue weighted by Gasteiger charge is 2.29. The standard InChI is InChI=1S/C17H22N4O2.ClH/c1-12-13(2)20(11-9-18-12)17(22)16-8-10-21(19-16)14-4-6-15(23-3)7-5-14;/h4-8,10,12-13,18H,9,11H2,1-3H3;1H. The molecule has 0 aliphatic carbocycles. The van der Waals surface area contributed by atoms with Crippen molar-refractivity contribution in [3.05, 3.63) is 42.2 Å². The molecule has 2 heterocycles. The topological polar surface area (TPSA) is 59.4 Å². The summed E-state index contributed by atoms with van der Waals surface area (Å²) in [4.78, 5) is 14.6. The number of hydrogen-bond acceptors (Lipinski definition) is 4. The van der Waals surface area contributed by atoms with E-state index in [2.05, 4.69) is 24.3 Å². The first-order valence-electron chi connectivity index (χ1n) is 7.84. The van der Waals surface area contributed by atoms with E-state index in [9.17, 15) is 4.79 Å². The molecule has 0 saturated carbocycles. The molecule has 24 heavy (non-hydrogen) atoms. The average Bonchev–Trinajstić information content (AvgIpc) is 3.07. The lowest BCUT2D eigenvalue weighted by Gasteiger charge is -2.38. The van der Waals surface area contributed by atoms with Gasteiger partial charge in [-0.25, -0.2) is 4.68 Å². The summed E-state index contributed by atoms with van der Waals surface area (Å²) >= 11 is 0. The molecule has 1 saturated heterocycles. The van der Waals surface area contributed by atoms with Crippen molar-refractivity contribution in [1.29, 1.82) is 0 Å². The predicted octanol–water partition coefficient (Wildman–Crippen LogP) is 2.13. The van der Waals surface area contributed by atoms with E-state index in [0.717, 1.165) is 18.0 Å². The van der Waals surface area contributed by atoms with Gasteiger partial charge >= 0.3 is 0 Å². The molecule has 130 valence electrons. The second-order valence-electron chi connectivity index (χ2n) is 5.83. The van der Waals surface area contributed by atoms with Crippen LogP contribution in [0.3, 0.4) is 0 Å². The van der Waals surface area contributed by atoms with Crippen molar-refractivity contribution in [2.24, 2.45) is 0 Å². The van der Waals surface area contributed by atoms with Gasteiger partial charge in [0.05, 0.1) is 12.8 Å². The molecule has 0 spiro atoms. The normalized spacial score (nSPS) is 20.4. The third kappa shape index (κ3) is 3.55. The van der Waals surface area contributed by atoms with Crippen LogP contribution in [0.1, 0.15) is 24.3 Å². The molecule has 2 aromatic rings. The lowest BCUT2D eigenvalue weighted by molar-refractivity contribution is 0.0596. The maximum atomic E-state index is 12.7. The molecule has 7 heteroatoms. The SMILES string of the molecule is COc1ccc(-n2ccc(C(=O)N3CCNC(C)C3C)n2)cc1.Cl. The zero-order valence-electron chi connectivity index (χ0n) is 14.1. The maximum Gasteiger partial charge on any atom is 0.274 e. The first-order chi connectivity index (χ1) is 11.1. The summed E-state index contributed by atoms with van der Waals surface area (Å²) in [5, 5.41) is 7.81. The monoisotopic (exact) mass is 350 g/mol. The number of amides is 1. The van der Waals surface area contributed by atoms with Gasteiger partial charge in [0.25, 0.3) is 5.91 Å². The van der Waals surface area contributed by atoms with Crippen LogP contribution in [-0.4, -0.2) is 52.9 Å². The zero-order chi connectivity index (χ0) is 16.4. The highest BCUT2D eigenvalue weighted by Crippen LogP contribution is 2.16. The average molecular weight is 351 g/mol. The quantitative estimate of drug-likeness (QED) is 0.921. The molecule has 1 aromatic carbocycles. The number of nitrogens with zero attached hydrogens (tertiary/aromatic N) is 3. The Bertz CT molecular complexity index is 686. The molecule has 0 radical (unpaired) electrons. The van der Waals surface area contributed by atoms with E-state index in [1.54, 1.807) is 17.9 Å². The molecule has 2 atom stereocenters. The van der Waals surface area contributed by atoms with Gasteiger partial charge in [-0.2, -0.15) is 5.10 Å². The summed E-state index contributed by atoms with van der Waals surface area (Å²) in [7, 11) is 1.63. The molecule has 0 bridgehead atoms. The van der Waals surface area contributed by atoms with Gasteiger partial charge in [0, 0.05) is 31.4 Å². The third-order valence-electron chi connectivity index (χ3n) is 4.44. The molecule has 1 aliphatic heterocycles. The van der Waals surface area contributed by atoms with Gasteiger partial charge in [-0.3, -0.25) is 4.79 Å². The summed E-state index contributed by atoms with van der Waals surface area (Å²) in [6, 6.07) is 9.78. The van der Waals surface area contributed by atoms with Crippen LogP contribution in [0, 0.1) is 0 Å². The first kappa shape index (κ1) is 18.3. The fourth-order valence-corrected chi connectivity index (χ4v) is 2.81. The number of carbonyl (C=O) groups is 1. The van der Waals surface area contributed by atoms with Crippen LogP contribution in [0.5, 0.6) is 5.75 Å². The molecule has 1 N–H and O–H groups in total. The van der Waals surface area contributed by atoms with Crippen molar-refractivity contribution in [3.8, 4) is 11.4 Å². The van der Waals surface area contributed by atoms with E-state index >= 15 is 0 Å². The molecule has 1 aromatic heterocycles. The molecule has 1 amide bonds. The predicted molar refractivity (Wildman–Crippen MR) is 95.3 cm³/mol. The minimum Gasteiger partial charge on any atom is -0.497 e. The van der Waals surface area contributed by atoms with Gasteiger partial charge in [0.2, 0.25) is 0 Å². The Morgan fingerprint density at radius 3 is 2.62 bits per heavy atom. The van der Waals surface area contributed by atoms with E-state index < -0.39 is 0 Å². The summed E-state index contributed by atoms with van der Waals surface area (Å²) in [5.74, 6) is 0.777. The number of benzene rings is 1. The van der Waals surface area contributed by atoms with Crippen molar-refractivity contribution >= 4 is 18.3 Å². The second kappa shape index (κ2) is 7.68. The highest BCUT2D eigenvalue weighted by atomic mass is 35.5. The van der Waals surface area contributed by atoms with E-state index in [4.69, 9.17) is 4.74 Å². The van der Waals surface area contributed by atoms with Crippen LogP contribution in [0.4, 0.5) is 0 Å². The molecular weight excluding hydrogens is 328 g/mol. The van der Waals surface area contributed by atoms with E-state index in [1.165, 1.54) is 0 Å². The summed E-state index contributed by atoms with van der Waals surface area (Å²) in [6.45, 7) is 5.69. The van der Waals surface area contributed by atoms with Crippen molar-refractivity contribution in [2.75, 3.05) is 20.2 Å². The first-order valence-corrected chi connectivity index (χ1v) is 7.84. The number of ether oxygens (including phenoxy) is 1. The number of halogens is 1. The Balaban J connectivity index is 0.00000208. The van der Waals surface area contributed by atoms with Gasteiger partial charge in [-0.1, -0.05) is 0 Å². The van der Waals surface area contributed by atoms with Crippen molar-refractivity contribution in [1.82, 2.24) is 20.0 Å². The number of carbonyl (C=O) groups excluding carboxylic acids is 1. The highest BCUT2D eigenvalue weighted by molar-refractivity contribution is 5.92. The second-order valence-corrected chi connectivity index (χ2v) is 5.83. The van der Waals surface area contributed by atoms with Crippen LogP contribution < -0.4 is 10.1 Å². The fraction of sp³-hybridized carbons (Fsp3) is 0.412. The Kier molecular flexibility index (Phi) is 5.85. The number of piperazine rings is 1. The zero-order valence-corrected chi connectivity index (χ0v) is 14.9. The third-order valence-corrected chi connectivity index (χ3v) is 4.44. The molecule has 2 unspecified atom stereocenters.